The molecule has 4 rings (SSSR count). The summed E-state index contributed by atoms with van der Waals surface area (Å²) >= 11 is 0. The van der Waals surface area contributed by atoms with E-state index in [0.717, 1.165) is 48.3 Å². The van der Waals surface area contributed by atoms with Crippen molar-refractivity contribution in [1.29, 1.82) is 0 Å². The van der Waals surface area contributed by atoms with E-state index in [0.29, 0.717) is 5.69 Å². The lowest BCUT2D eigenvalue weighted by Gasteiger charge is -2.29. The maximum atomic E-state index is 12.2. The highest BCUT2D eigenvalue weighted by Crippen LogP contribution is 2.30. The highest BCUT2D eigenvalue weighted by molar-refractivity contribution is 6.04. The third kappa shape index (κ3) is 4.01. The molecule has 27 heavy (non-hydrogen) atoms. The number of benzene rings is 2. The van der Waals surface area contributed by atoms with E-state index in [1.165, 1.54) is 0 Å². The van der Waals surface area contributed by atoms with Gasteiger partial charge in [-0.15, -0.1) is 0 Å². The molecule has 2 aromatic carbocycles. The van der Waals surface area contributed by atoms with Gasteiger partial charge < -0.3 is 15.0 Å². The second-order valence-corrected chi connectivity index (χ2v) is 6.46. The minimum atomic E-state index is -0.485. The summed E-state index contributed by atoms with van der Waals surface area (Å²) in [5, 5.41) is 8.17. The van der Waals surface area contributed by atoms with E-state index in [-0.39, 0.29) is 6.61 Å². The normalized spacial score (nSPS) is 14.1. The molecule has 0 unspecified atom stereocenters. The van der Waals surface area contributed by atoms with E-state index in [2.05, 4.69) is 20.5 Å². The number of fused-ring (bicyclic) bond motifs is 1. The third-order valence-electron chi connectivity index (χ3n) is 4.64. The van der Waals surface area contributed by atoms with Crippen LogP contribution >= 0.6 is 0 Å². The Labute approximate surface area is 158 Å². The van der Waals surface area contributed by atoms with Gasteiger partial charge in [0.2, 0.25) is 0 Å². The van der Waals surface area contributed by atoms with Gasteiger partial charge in [0.25, 0.3) is 0 Å². The van der Waals surface area contributed by atoms with Crippen molar-refractivity contribution in [2.45, 2.75) is 6.61 Å². The average molecular weight is 362 g/mol. The number of hydrogen-bond acceptors (Lipinski definition) is 5. The van der Waals surface area contributed by atoms with E-state index in [1.807, 2.05) is 54.6 Å². The molecule has 0 saturated carbocycles. The predicted octanol–water partition coefficient (Wildman–Crippen LogP) is 3.39. The topological polar surface area (TPSA) is 66.5 Å². The molecule has 6 nitrogen and oxygen atoms in total. The van der Waals surface area contributed by atoms with E-state index in [4.69, 9.17) is 4.74 Å². The van der Waals surface area contributed by atoms with Gasteiger partial charge in [0, 0.05) is 37.0 Å². The smallest absolute Gasteiger partial charge is 0.412 e. The van der Waals surface area contributed by atoms with Gasteiger partial charge in [-0.3, -0.25) is 5.32 Å². The molecule has 0 aliphatic carbocycles. The Balaban J connectivity index is 1.53. The zero-order valence-electron chi connectivity index (χ0n) is 15.0. The summed E-state index contributed by atoms with van der Waals surface area (Å²) in [5.41, 5.74) is 1.60. The van der Waals surface area contributed by atoms with Crippen LogP contribution in [0.25, 0.3) is 10.8 Å². The van der Waals surface area contributed by atoms with Crippen molar-refractivity contribution >= 4 is 28.4 Å². The molecule has 6 heteroatoms. The first kappa shape index (κ1) is 17.3. The molecule has 2 N–H and O–H groups in total. The Bertz CT molecular complexity index is 924. The van der Waals surface area contributed by atoms with E-state index in [1.54, 1.807) is 6.20 Å². The second-order valence-electron chi connectivity index (χ2n) is 6.46. The number of nitrogens with one attached hydrogen (secondary N) is 2. The zero-order valence-corrected chi connectivity index (χ0v) is 15.0. The molecule has 0 atom stereocenters. The summed E-state index contributed by atoms with van der Waals surface area (Å²) in [7, 11) is 0. The highest BCUT2D eigenvalue weighted by atomic mass is 16.5. The van der Waals surface area contributed by atoms with Crippen LogP contribution in [0.1, 0.15) is 5.56 Å². The van der Waals surface area contributed by atoms with Crippen LogP contribution in [0.2, 0.25) is 0 Å². The lowest BCUT2D eigenvalue weighted by molar-refractivity contribution is 0.155. The molecular weight excluding hydrogens is 340 g/mol. The van der Waals surface area contributed by atoms with E-state index < -0.39 is 6.09 Å². The number of nitrogens with zero attached hydrogens (tertiary/aromatic N) is 2. The minimum Gasteiger partial charge on any atom is -0.444 e. The van der Waals surface area contributed by atoms with Crippen LogP contribution < -0.4 is 15.5 Å². The number of ether oxygens (including phenoxy) is 1. The fourth-order valence-electron chi connectivity index (χ4n) is 3.28. The number of pyridine rings is 1. The number of anilines is 2. The molecule has 1 aliphatic heterocycles. The molecule has 0 spiro atoms. The van der Waals surface area contributed by atoms with Crippen LogP contribution in [0.3, 0.4) is 0 Å². The van der Waals surface area contributed by atoms with E-state index >= 15 is 0 Å². The number of rotatable bonds is 4. The lowest BCUT2D eigenvalue weighted by atomic mass is 10.1. The standard InChI is InChI=1S/C21H22N4O2/c26-21(27-15-16-6-2-1-3-7-16)24-19-14-23-20(25-12-10-22-11-13-25)18-9-5-4-8-17(18)19/h1-9,14,22H,10-13,15H2,(H,24,26). The summed E-state index contributed by atoms with van der Waals surface area (Å²) < 4.78 is 5.33. The molecule has 1 aliphatic rings. The minimum absolute atomic E-state index is 0.233. The maximum absolute atomic E-state index is 12.2. The molecule has 0 radical (unpaired) electrons. The molecule has 1 aromatic heterocycles. The van der Waals surface area contributed by atoms with Crippen LogP contribution in [0.5, 0.6) is 0 Å². The van der Waals surface area contributed by atoms with Gasteiger partial charge >= 0.3 is 6.09 Å². The van der Waals surface area contributed by atoms with Gasteiger partial charge in [-0.2, -0.15) is 0 Å². The van der Waals surface area contributed by atoms with Crippen LogP contribution in [-0.4, -0.2) is 37.3 Å². The molecule has 2 heterocycles. The van der Waals surface area contributed by atoms with Crippen molar-refractivity contribution in [2.24, 2.45) is 0 Å². The summed E-state index contributed by atoms with van der Waals surface area (Å²) in [6.07, 6.45) is 1.23. The van der Waals surface area contributed by atoms with Crippen LogP contribution in [0.4, 0.5) is 16.3 Å². The molecule has 1 fully saturated rings. The number of amides is 1. The Kier molecular flexibility index (Phi) is 5.16. The summed E-state index contributed by atoms with van der Waals surface area (Å²) in [4.78, 5) is 19.1. The highest BCUT2D eigenvalue weighted by Gasteiger charge is 2.17. The molecule has 1 saturated heterocycles. The average Bonchev–Trinajstić information content (AvgIpc) is 2.74. The third-order valence-corrected chi connectivity index (χ3v) is 4.64. The number of aromatic nitrogens is 1. The fourth-order valence-corrected chi connectivity index (χ4v) is 3.28. The van der Waals surface area contributed by atoms with Crippen molar-refractivity contribution in [3.8, 4) is 0 Å². The zero-order chi connectivity index (χ0) is 18.5. The Hall–Kier alpha value is -3.12. The van der Waals surface area contributed by atoms with Crippen LogP contribution in [-0.2, 0) is 11.3 Å². The predicted molar refractivity (Wildman–Crippen MR) is 107 cm³/mol. The van der Waals surface area contributed by atoms with Gasteiger partial charge in [0.05, 0.1) is 11.9 Å². The molecule has 0 bridgehead atoms. The van der Waals surface area contributed by atoms with Crippen LogP contribution in [0.15, 0.2) is 60.8 Å². The van der Waals surface area contributed by atoms with Crippen molar-refractivity contribution in [3.05, 3.63) is 66.4 Å². The second kappa shape index (κ2) is 8.05. The number of hydrogen-bond donors (Lipinski definition) is 2. The quantitative estimate of drug-likeness (QED) is 0.745. The Morgan fingerprint density at radius 1 is 1.04 bits per heavy atom. The SMILES string of the molecule is O=C(Nc1cnc(N2CCNCC2)c2ccccc12)OCc1ccccc1. The number of piperazine rings is 1. The lowest BCUT2D eigenvalue weighted by Crippen LogP contribution is -2.44. The summed E-state index contributed by atoms with van der Waals surface area (Å²) in [5.74, 6) is 0.954. The van der Waals surface area contributed by atoms with Gasteiger partial charge in [-0.25, -0.2) is 9.78 Å². The fraction of sp³-hybridized carbons (Fsp3) is 0.238. The van der Waals surface area contributed by atoms with Crippen molar-refractivity contribution in [3.63, 3.8) is 0 Å². The Morgan fingerprint density at radius 2 is 1.74 bits per heavy atom. The van der Waals surface area contributed by atoms with Gasteiger partial charge in [0.15, 0.2) is 0 Å². The van der Waals surface area contributed by atoms with Gasteiger partial charge in [-0.05, 0) is 5.56 Å². The van der Waals surface area contributed by atoms with E-state index in [9.17, 15) is 4.79 Å². The number of carbonyl (C=O) groups excluding carboxylic acids is 1. The molecular formula is C21H22N4O2. The Morgan fingerprint density at radius 3 is 2.52 bits per heavy atom. The number of carbonyl (C=O) groups is 1. The van der Waals surface area contributed by atoms with Crippen molar-refractivity contribution in [1.82, 2.24) is 10.3 Å². The van der Waals surface area contributed by atoms with Gasteiger partial charge in [-0.1, -0.05) is 54.6 Å². The molecule has 138 valence electrons. The van der Waals surface area contributed by atoms with Crippen molar-refractivity contribution < 1.29 is 9.53 Å². The first-order valence-corrected chi connectivity index (χ1v) is 9.12. The monoisotopic (exact) mass is 362 g/mol. The van der Waals surface area contributed by atoms with Crippen LogP contribution in [0, 0.1) is 0 Å². The molecule has 1 amide bonds. The first-order valence-electron chi connectivity index (χ1n) is 9.12. The summed E-state index contributed by atoms with van der Waals surface area (Å²) in [6.45, 7) is 3.96. The molecule has 3 aromatic rings. The largest absolute Gasteiger partial charge is 0.444 e. The summed E-state index contributed by atoms with van der Waals surface area (Å²) in [6, 6.07) is 17.6. The first-order chi connectivity index (χ1) is 13.3. The maximum Gasteiger partial charge on any atom is 0.412 e. The van der Waals surface area contributed by atoms with Crippen molar-refractivity contribution in [2.75, 3.05) is 36.4 Å². The van der Waals surface area contributed by atoms with Gasteiger partial charge in [0.1, 0.15) is 12.4 Å².